The second kappa shape index (κ2) is 10.7. The molecule has 0 spiro atoms. The van der Waals surface area contributed by atoms with Gasteiger partial charge in [0.1, 0.15) is 12.6 Å². The van der Waals surface area contributed by atoms with Crippen molar-refractivity contribution in [1.29, 1.82) is 0 Å². The molecule has 34 heavy (non-hydrogen) atoms. The number of nitrogens with zero attached hydrogens (tertiary/aromatic N) is 1. The third-order valence-electron chi connectivity index (χ3n) is 6.53. The van der Waals surface area contributed by atoms with Crippen LogP contribution in [0.4, 0.5) is 4.79 Å². The van der Waals surface area contributed by atoms with Crippen molar-refractivity contribution in [2.75, 3.05) is 26.7 Å². The quantitative estimate of drug-likeness (QED) is 0.471. The number of carboxylic acid groups (broad SMARTS) is 1. The first-order chi connectivity index (χ1) is 16.4. The summed E-state index contributed by atoms with van der Waals surface area (Å²) in [6.45, 7) is 1.26. The van der Waals surface area contributed by atoms with Gasteiger partial charge in [0.15, 0.2) is 0 Å². The van der Waals surface area contributed by atoms with Gasteiger partial charge >= 0.3 is 12.1 Å². The van der Waals surface area contributed by atoms with Crippen LogP contribution in [0, 0.1) is 0 Å². The molecule has 4 rings (SSSR count). The van der Waals surface area contributed by atoms with E-state index in [0.717, 1.165) is 22.3 Å². The van der Waals surface area contributed by atoms with Gasteiger partial charge in [-0.15, -0.1) is 0 Å². The van der Waals surface area contributed by atoms with Crippen molar-refractivity contribution in [2.45, 2.75) is 43.7 Å². The Morgan fingerprint density at radius 1 is 1.06 bits per heavy atom. The highest BCUT2D eigenvalue weighted by Crippen LogP contribution is 2.44. The van der Waals surface area contributed by atoms with E-state index in [0.29, 0.717) is 19.1 Å². The summed E-state index contributed by atoms with van der Waals surface area (Å²) in [7, 11) is 2.01. The standard InChI is InChI=1S/C26H31N3O5/c1-29(17-10-11-17)15-14-27-25(32)23(12-13-24(30)31)28-26(33)34-16-22-20-8-4-2-6-18(20)19-7-3-5-9-21(19)22/h2-9,17,22-23H,10-16H2,1H3,(H,27,32)(H,28,33)(H,30,31). The van der Waals surface area contributed by atoms with Gasteiger partial charge in [0, 0.05) is 31.5 Å². The third-order valence-corrected chi connectivity index (χ3v) is 6.53. The Kier molecular flexibility index (Phi) is 7.47. The number of nitrogens with one attached hydrogen (secondary N) is 2. The molecule has 180 valence electrons. The molecule has 2 aromatic rings. The van der Waals surface area contributed by atoms with Crippen LogP contribution in [0.5, 0.6) is 0 Å². The predicted molar refractivity (Wildman–Crippen MR) is 128 cm³/mol. The van der Waals surface area contributed by atoms with E-state index in [-0.39, 0.29) is 25.4 Å². The SMILES string of the molecule is CN(CCNC(=O)C(CCC(=O)O)NC(=O)OCC1c2ccccc2-c2ccccc21)C1CC1. The number of hydrogen-bond acceptors (Lipinski definition) is 5. The van der Waals surface area contributed by atoms with Crippen molar-refractivity contribution in [3.8, 4) is 11.1 Å². The molecule has 1 unspecified atom stereocenters. The zero-order valence-electron chi connectivity index (χ0n) is 19.3. The van der Waals surface area contributed by atoms with Crippen LogP contribution in [0.2, 0.25) is 0 Å². The van der Waals surface area contributed by atoms with Crippen LogP contribution in [-0.2, 0) is 14.3 Å². The van der Waals surface area contributed by atoms with Crippen molar-refractivity contribution in [3.05, 3.63) is 59.7 Å². The lowest BCUT2D eigenvalue weighted by atomic mass is 9.98. The normalized spacial score (nSPS) is 15.4. The maximum absolute atomic E-state index is 12.7. The van der Waals surface area contributed by atoms with Crippen LogP contribution in [-0.4, -0.2) is 66.8 Å². The second-order valence-electron chi connectivity index (χ2n) is 8.96. The topological polar surface area (TPSA) is 108 Å². The number of likely N-dealkylation sites (N-methyl/N-ethyl adjacent to an activating group) is 1. The number of rotatable bonds is 11. The molecule has 0 radical (unpaired) electrons. The molecule has 0 saturated heterocycles. The Labute approximate surface area is 199 Å². The highest BCUT2D eigenvalue weighted by molar-refractivity contribution is 5.86. The summed E-state index contributed by atoms with van der Waals surface area (Å²) in [6, 6.07) is 15.7. The Bertz CT molecular complexity index is 1010. The summed E-state index contributed by atoms with van der Waals surface area (Å²) in [5, 5.41) is 14.4. The largest absolute Gasteiger partial charge is 0.481 e. The van der Waals surface area contributed by atoms with E-state index in [9.17, 15) is 14.4 Å². The molecule has 8 heteroatoms. The van der Waals surface area contributed by atoms with Crippen molar-refractivity contribution in [3.63, 3.8) is 0 Å². The van der Waals surface area contributed by atoms with E-state index < -0.39 is 24.0 Å². The Morgan fingerprint density at radius 2 is 1.68 bits per heavy atom. The summed E-state index contributed by atoms with van der Waals surface area (Å²) in [4.78, 5) is 38.5. The minimum Gasteiger partial charge on any atom is -0.481 e. The van der Waals surface area contributed by atoms with E-state index in [1.165, 1.54) is 12.8 Å². The van der Waals surface area contributed by atoms with E-state index in [1.54, 1.807) is 0 Å². The lowest BCUT2D eigenvalue weighted by molar-refractivity contribution is -0.137. The highest BCUT2D eigenvalue weighted by atomic mass is 16.5. The fourth-order valence-corrected chi connectivity index (χ4v) is 4.50. The molecule has 1 fully saturated rings. The van der Waals surface area contributed by atoms with Crippen molar-refractivity contribution in [2.24, 2.45) is 0 Å². The maximum Gasteiger partial charge on any atom is 0.407 e. The molecule has 0 heterocycles. The fourth-order valence-electron chi connectivity index (χ4n) is 4.50. The van der Waals surface area contributed by atoms with Gasteiger partial charge in [-0.3, -0.25) is 9.59 Å². The maximum atomic E-state index is 12.7. The summed E-state index contributed by atoms with van der Waals surface area (Å²) < 4.78 is 5.52. The van der Waals surface area contributed by atoms with Crippen LogP contribution in [0.25, 0.3) is 11.1 Å². The van der Waals surface area contributed by atoms with Gasteiger partial charge in [-0.05, 0) is 48.6 Å². The van der Waals surface area contributed by atoms with Crippen LogP contribution in [0.3, 0.4) is 0 Å². The van der Waals surface area contributed by atoms with Gasteiger partial charge in [0.05, 0.1) is 0 Å². The second-order valence-corrected chi connectivity index (χ2v) is 8.96. The number of alkyl carbamates (subject to hydrolysis) is 1. The molecular formula is C26H31N3O5. The molecular weight excluding hydrogens is 434 g/mol. The van der Waals surface area contributed by atoms with Gasteiger partial charge in [-0.2, -0.15) is 0 Å². The first-order valence-corrected chi connectivity index (χ1v) is 11.7. The number of amides is 2. The van der Waals surface area contributed by atoms with Gasteiger partial charge in [0.2, 0.25) is 5.91 Å². The van der Waals surface area contributed by atoms with Crippen molar-refractivity contribution in [1.82, 2.24) is 15.5 Å². The lowest BCUT2D eigenvalue weighted by Crippen LogP contribution is -2.48. The molecule has 0 bridgehead atoms. The summed E-state index contributed by atoms with van der Waals surface area (Å²) in [5.74, 6) is -1.53. The minimum atomic E-state index is -1.03. The predicted octanol–water partition coefficient (Wildman–Crippen LogP) is 2.97. The molecule has 1 saturated carbocycles. The van der Waals surface area contributed by atoms with E-state index in [4.69, 9.17) is 9.84 Å². The number of aliphatic carboxylic acids is 1. The zero-order chi connectivity index (χ0) is 24.1. The average molecular weight is 466 g/mol. The molecule has 1 atom stereocenters. The number of hydrogen-bond donors (Lipinski definition) is 3. The van der Waals surface area contributed by atoms with Gasteiger partial charge in [-0.1, -0.05) is 48.5 Å². The smallest absolute Gasteiger partial charge is 0.407 e. The summed E-state index contributed by atoms with van der Waals surface area (Å²) >= 11 is 0. The summed E-state index contributed by atoms with van der Waals surface area (Å²) in [6.07, 6.45) is 1.37. The monoisotopic (exact) mass is 465 g/mol. The molecule has 3 N–H and O–H groups in total. The zero-order valence-corrected chi connectivity index (χ0v) is 19.3. The first kappa shape index (κ1) is 23.8. The molecule has 2 aromatic carbocycles. The van der Waals surface area contributed by atoms with E-state index in [2.05, 4.69) is 27.7 Å². The minimum absolute atomic E-state index is 0.0101. The Morgan fingerprint density at radius 3 is 2.26 bits per heavy atom. The number of ether oxygens (including phenoxy) is 1. The van der Waals surface area contributed by atoms with Gasteiger partial charge in [-0.25, -0.2) is 4.79 Å². The number of benzene rings is 2. The van der Waals surface area contributed by atoms with Crippen LogP contribution in [0.15, 0.2) is 48.5 Å². The number of carbonyl (C=O) groups excluding carboxylic acids is 2. The van der Waals surface area contributed by atoms with Crippen molar-refractivity contribution >= 4 is 18.0 Å². The highest BCUT2D eigenvalue weighted by Gasteiger charge is 2.30. The number of carboxylic acids is 1. The molecule has 2 amide bonds. The summed E-state index contributed by atoms with van der Waals surface area (Å²) in [5.41, 5.74) is 4.44. The Hall–Kier alpha value is -3.39. The first-order valence-electron chi connectivity index (χ1n) is 11.7. The molecule has 0 aliphatic heterocycles. The molecule has 2 aliphatic rings. The van der Waals surface area contributed by atoms with Crippen molar-refractivity contribution < 1.29 is 24.2 Å². The molecule has 8 nitrogen and oxygen atoms in total. The fraction of sp³-hybridized carbons (Fsp3) is 0.423. The average Bonchev–Trinajstić information content (AvgIpc) is 3.63. The van der Waals surface area contributed by atoms with Crippen LogP contribution < -0.4 is 10.6 Å². The Balaban J connectivity index is 1.34. The van der Waals surface area contributed by atoms with Gasteiger partial charge in [0.25, 0.3) is 0 Å². The van der Waals surface area contributed by atoms with Crippen LogP contribution in [0.1, 0.15) is 42.7 Å². The molecule has 2 aliphatic carbocycles. The van der Waals surface area contributed by atoms with Gasteiger partial charge < -0.3 is 25.4 Å². The lowest BCUT2D eigenvalue weighted by Gasteiger charge is -2.20. The van der Waals surface area contributed by atoms with E-state index in [1.807, 2.05) is 43.4 Å². The number of fused-ring (bicyclic) bond motifs is 3. The van der Waals surface area contributed by atoms with E-state index >= 15 is 0 Å². The van der Waals surface area contributed by atoms with Crippen LogP contribution >= 0.6 is 0 Å². The number of carbonyl (C=O) groups is 3. The third kappa shape index (κ3) is 5.75. The molecule has 0 aromatic heterocycles.